The number of esters is 1. The molecule has 1 aromatic carbocycles. The van der Waals surface area contributed by atoms with Gasteiger partial charge in [0.25, 0.3) is 0 Å². The number of carbonyl (C=O) groups is 3. The Balaban J connectivity index is 2.88. The van der Waals surface area contributed by atoms with Crippen molar-refractivity contribution in [1.82, 2.24) is 5.32 Å². The van der Waals surface area contributed by atoms with Gasteiger partial charge in [0.05, 0.1) is 0 Å². The van der Waals surface area contributed by atoms with Crippen molar-refractivity contribution < 1.29 is 19.1 Å². The number of ketones is 1. The molecule has 100 valence electrons. The number of Topliss-reactive ketones (excluding diaryl/α,β-unsaturated/α-hetero) is 1. The third kappa shape index (κ3) is 5.63. The van der Waals surface area contributed by atoms with Crippen LogP contribution in [0.25, 0.3) is 6.08 Å². The first-order valence-corrected chi connectivity index (χ1v) is 5.70. The SMILES string of the molecule is CC(=O)COC(=O)/C(=C/c1ccccc1)NC(C)=O. The van der Waals surface area contributed by atoms with Crippen LogP contribution in [0.5, 0.6) is 0 Å². The summed E-state index contributed by atoms with van der Waals surface area (Å²) < 4.78 is 4.77. The van der Waals surface area contributed by atoms with E-state index in [0.29, 0.717) is 0 Å². The number of hydrogen-bond acceptors (Lipinski definition) is 4. The van der Waals surface area contributed by atoms with Crippen LogP contribution in [0, 0.1) is 0 Å². The van der Waals surface area contributed by atoms with Crippen molar-refractivity contribution in [2.24, 2.45) is 0 Å². The molecule has 1 N–H and O–H groups in total. The van der Waals surface area contributed by atoms with Crippen molar-refractivity contribution in [2.75, 3.05) is 6.61 Å². The van der Waals surface area contributed by atoms with Crippen molar-refractivity contribution in [3.63, 3.8) is 0 Å². The standard InChI is InChI=1S/C14H15NO4/c1-10(16)9-19-14(18)13(15-11(2)17)8-12-6-4-3-5-7-12/h3-8H,9H2,1-2H3,(H,15,17)/b13-8-. The lowest BCUT2D eigenvalue weighted by molar-refractivity contribution is -0.144. The van der Waals surface area contributed by atoms with Gasteiger partial charge < -0.3 is 10.1 Å². The van der Waals surface area contributed by atoms with Crippen molar-refractivity contribution >= 4 is 23.7 Å². The summed E-state index contributed by atoms with van der Waals surface area (Å²) in [4.78, 5) is 33.6. The molecule has 1 amide bonds. The van der Waals surface area contributed by atoms with Crippen LogP contribution < -0.4 is 5.32 Å². The van der Waals surface area contributed by atoms with Crippen LogP contribution in [-0.2, 0) is 19.1 Å². The smallest absolute Gasteiger partial charge is 0.355 e. The first kappa shape index (κ1) is 14.6. The Morgan fingerprint density at radius 2 is 1.79 bits per heavy atom. The van der Waals surface area contributed by atoms with Crippen LogP contribution >= 0.6 is 0 Å². The van der Waals surface area contributed by atoms with Gasteiger partial charge in [-0.05, 0) is 18.6 Å². The van der Waals surface area contributed by atoms with Crippen LogP contribution in [0.2, 0.25) is 0 Å². The molecule has 1 rings (SSSR count). The van der Waals surface area contributed by atoms with E-state index < -0.39 is 5.97 Å². The summed E-state index contributed by atoms with van der Waals surface area (Å²) in [5.74, 6) is -1.40. The van der Waals surface area contributed by atoms with Crippen molar-refractivity contribution in [1.29, 1.82) is 0 Å². The van der Waals surface area contributed by atoms with Gasteiger partial charge in [-0.1, -0.05) is 30.3 Å². The van der Waals surface area contributed by atoms with Crippen LogP contribution in [0.1, 0.15) is 19.4 Å². The highest BCUT2D eigenvalue weighted by Crippen LogP contribution is 2.06. The number of amides is 1. The normalized spacial score (nSPS) is 10.7. The lowest BCUT2D eigenvalue weighted by atomic mass is 10.2. The number of hydrogen-bond donors (Lipinski definition) is 1. The minimum Gasteiger partial charge on any atom is -0.453 e. The maximum absolute atomic E-state index is 11.7. The molecule has 0 heterocycles. The molecule has 0 radical (unpaired) electrons. The zero-order valence-corrected chi connectivity index (χ0v) is 10.8. The average molecular weight is 261 g/mol. The first-order valence-electron chi connectivity index (χ1n) is 5.70. The Hall–Kier alpha value is -2.43. The van der Waals surface area contributed by atoms with Gasteiger partial charge in [-0.2, -0.15) is 0 Å². The zero-order valence-electron chi connectivity index (χ0n) is 10.8. The molecule has 0 saturated carbocycles. The summed E-state index contributed by atoms with van der Waals surface area (Å²) in [6.07, 6.45) is 1.49. The van der Waals surface area contributed by atoms with E-state index in [2.05, 4.69) is 5.32 Å². The zero-order chi connectivity index (χ0) is 14.3. The molecule has 0 spiro atoms. The molecule has 0 bridgehead atoms. The highest BCUT2D eigenvalue weighted by atomic mass is 16.5. The summed E-state index contributed by atoms with van der Waals surface area (Å²) in [7, 11) is 0. The Kier molecular flexibility index (Phi) is 5.47. The van der Waals surface area contributed by atoms with Crippen LogP contribution in [0.3, 0.4) is 0 Å². The Morgan fingerprint density at radius 3 is 2.32 bits per heavy atom. The van der Waals surface area contributed by atoms with Gasteiger partial charge in [-0.3, -0.25) is 9.59 Å². The van der Waals surface area contributed by atoms with E-state index in [0.717, 1.165) is 5.56 Å². The van der Waals surface area contributed by atoms with Gasteiger partial charge in [0.15, 0.2) is 5.78 Å². The maximum atomic E-state index is 11.7. The predicted molar refractivity (Wildman–Crippen MR) is 69.9 cm³/mol. The largest absolute Gasteiger partial charge is 0.453 e. The van der Waals surface area contributed by atoms with Crippen molar-refractivity contribution in [2.45, 2.75) is 13.8 Å². The molecular weight excluding hydrogens is 246 g/mol. The van der Waals surface area contributed by atoms with Crippen LogP contribution in [0.4, 0.5) is 0 Å². The van der Waals surface area contributed by atoms with E-state index in [1.165, 1.54) is 19.9 Å². The van der Waals surface area contributed by atoms with Gasteiger partial charge >= 0.3 is 5.97 Å². The number of carbonyl (C=O) groups excluding carboxylic acids is 3. The van der Waals surface area contributed by atoms with Crippen molar-refractivity contribution in [3.05, 3.63) is 41.6 Å². The number of rotatable bonds is 5. The molecule has 0 unspecified atom stereocenters. The summed E-state index contributed by atoms with van der Waals surface area (Å²) in [5.41, 5.74) is 0.742. The molecule has 5 heteroatoms. The van der Waals surface area contributed by atoms with E-state index in [-0.39, 0.29) is 24.0 Å². The van der Waals surface area contributed by atoms with Gasteiger partial charge in [0.2, 0.25) is 5.91 Å². The predicted octanol–water partition coefficient (Wildman–Crippen LogP) is 1.30. The van der Waals surface area contributed by atoms with E-state index in [1.807, 2.05) is 6.07 Å². The molecule has 0 saturated heterocycles. The lowest BCUT2D eigenvalue weighted by Gasteiger charge is -2.07. The van der Waals surface area contributed by atoms with Gasteiger partial charge in [0.1, 0.15) is 12.3 Å². The first-order chi connectivity index (χ1) is 8.99. The number of nitrogens with one attached hydrogen (secondary N) is 1. The molecule has 0 aliphatic rings. The Labute approximate surface area is 111 Å². The quantitative estimate of drug-likeness (QED) is 0.640. The van der Waals surface area contributed by atoms with E-state index in [1.54, 1.807) is 24.3 Å². The van der Waals surface area contributed by atoms with Crippen LogP contribution in [0.15, 0.2) is 36.0 Å². The fourth-order valence-corrected chi connectivity index (χ4v) is 1.30. The second-order valence-corrected chi connectivity index (χ2v) is 3.93. The van der Waals surface area contributed by atoms with E-state index in [9.17, 15) is 14.4 Å². The summed E-state index contributed by atoms with van der Waals surface area (Å²) in [6.45, 7) is 2.29. The molecule has 5 nitrogen and oxygen atoms in total. The molecule has 0 atom stereocenters. The fraction of sp³-hybridized carbons (Fsp3) is 0.214. The molecule has 1 aromatic rings. The Bertz CT molecular complexity index is 505. The highest BCUT2D eigenvalue weighted by molar-refractivity contribution is 5.98. The monoisotopic (exact) mass is 261 g/mol. The van der Waals surface area contributed by atoms with E-state index >= 15 is 0 Å². The lowest BCUT2D eigenvalue weighted by Crippen LogP contribution is -2.27. The summed E-state index contributed by atoms with van der Waals surface area (Å²) >= 11 is 0. The third-order valence-corrected chi connectivity index (χ3v) is 2.05. The highest BCUT2D eigenvalue weighted by Gasteiger charge is 2.13. The minimum absolute atomic E-state index is 0.0000463. The second kappa shape index (κ2) is 7.10. The maximum Gasteiger partial charge on any atom is 0.355 e. The molecule has 0 aliphatic heterocycles. The molecule has 0 aliphatic carbocycles. The van der Waals surface area contributed by atoms with Gasteiger partial charge in [-0.15, -0.1) is 0 Å². The Morgan fingerprint density at radius 1 is 1.16 bits per heavy atom. The summed E-state index contributed by atoms with van der Waals surface area (Å²) in [5, 5.41) is 2.39. The summed E-state index contributed by atoms with van der Waals surface area (Å²) in [6, 6.07) is 9.00. The van der Waals surface area contributed by atoms with Gasteiger partial charge in [-0.25, -0.2) is 4.79 Å². The average Bonchev–Trinajstić information content (AvgIpc) is 2.36. The van der Waals surface area contributed by atoms with Crippen molar-refractivity contribution in [3.8, 4) is 0 Å². The molecular formula is C14H15NO4. The van der Waals surface area contributed by atoms with Crippen LogP contribution in [-0.4, -0.2) is 24.3 Å². The van der Waals surface area contributed by atoms with E-state index in [4.69, 9.17) is 4.74 Å². The third-order valence-electron chi connectivity index (χ3n) is 2.05. The molecule has 19 heavy (non-hydrogen) atoms. The topological polar surface area (TPSA) is 72.5 Å². The number of benzene rings is 1. The second-order valence-electron chi connectivity index (χ2n) is 3.93. The van der Waals surface area contributed by atoms with Gasteiger partial charge in [0, 0.05) is 6.92 Å². The minimum atomic E-state index is -0.741. The fourth-order valence-electron chi connectivity index (χ4n) is 1.30. The number of ether oxygens (including phenoxy) is 1. The molecule has 0 aromatic heterocycles. The molecule has 0 fully saturated rings.